The van der Waals surface area contributed by atoms with Crippen LogP contribution in [0.2, 0.25) is 0 Å². The predicted octanol–water partition coefficient (Wildman–Crippen LogP) is 13.5. The Morgan fingerprint density at radius 2 is 0.517 bits per heavy atom. The number of carbonyl (C=O) groups excluding carboxylic acids is 8. The Balaban J connectivity index is 0.000000273. The minimum absolute atomic E-state index is 0.0314. The number of benzene rings is 8. The van der Waals surface area contributed by atoms with E-state index < -0.39 is 71.8 Å². The molecule has 12 rings (SSSR count). The number of carbonyl (C=O) groups is 8. The molecule has 1 unspecified atom stereocenters. The number of Topliss-reactive ketones (excluding diaryl/α,β-unsaturated/α-hetero) is 4. The van der Waals surface area contributed by atoms with Crippen molar-refractivity contribution in [3.05, 3.63) is 239 Å². The molecule has 0 heterocycles. The van der Waals surface area contributed by atoms with Crippen LogP contribution in [0.5, 0.6) is 0 Å². The molecular formula is C98H120N8O12. The molecule has 8 aromatic rings. The fourth-order valence-electron chi connectivity index (χ4n) is 18.1. The molecule has 4 aliphatic carbocycles. The van der Waals surface area contributed by atoms with E-state index in [9.17, 15) is 38.4 Å². The maximum atomic E-state index is 14.2. The van der Waals surface area contributed by atoms with Crippen molar-refractivity contribution in [2.24, 2.45) is 40.7 Å². The Hall–Kier alpha value is -10.0. The first kappa shape index (κ1) is 88.8. The molecule has 0 bridgehead atoms. The van der Waals surface area contributed by atoms with Crippen molar-refractivity contribution in [1.29, 1.82) is 0 Å². The molecule has 0 radical (unpaired) electrons. The van der Waals surface area contributed by atoms with Gasteiger partial charge in [-0.1, -0.05) is 220 Å². The van der Waals surface area contributed by atoms with Crippen LogP contribution in [0.15, 0.2) is 194 Å². The topological polar surface area (TPSA) is 326 Å². The van der Waals surface area contributed by atoms with Gasteiger partial charge in [0.2, 0.25) is 0 Å². The van der Waals surface area contributed by atoms with E-state index in [4.69, 9.17) is 41.9 Å². The summed E-state index contributed by atoms with van der Waals surface area (Å²) in [5.41, 5.74) is 40.4. The highest BCUT2D eigenvalue weighted by molar-refractivity contribution is 6.07. The fourth-order valence-corrected chi connectivity index (χ4v) is 18.1. The molecule has 4 aliphatic rings. The lowest BCUT2D eigenvalue weighted by Crippen LogP contribution is -2.55. The second kappa shape index (κ2) is 44.7. The lowest BCUT2D eigenvalue weighted by atomic mass is 9.80. The second-order valence-corrected chi connectivity index (χ2v) is 32.0. The van der Waals surface area contributed by atoms with Crippen molar-refractivity contribution in [2.75, 3.05) is 73.7 Å². The van der Waals surface area contributed by atoms with Gasteiger partial charge in [-0.05, 0) is 219 Å². The summed E-state index contributed by atoms with van der Waals surface area (Å²) in [6.07, 6.45) is 7.72. The second-order valence-electron chi connectivity index (χ2n) is 32.0. The zero-order valence-electron chi connectivity index (χ0n) is 69.0. The Morgan fingerprint density at radius 1 is 0.297 bits per heavy atom. The standard InChI is InChI=1S/C67H56O8.C31H64N8O4/c68-64(72-38-60-52-25-9-1-17-44(52)45-18-2-10-26-53(45)60)34-42(35-65(69)73-39-61-54-27-11-3-19-46(54)47-20-4-12-28-55(47)61)33-43(36-66(70)74-40-62-56-29-13-5-21-48(56)49-22-6-14-30-57(49)62)37-67(71)75-41-63-58-31-15-7-23-50(58)51-24-8-16-32-59(51)63;1-22(40)24(13-5-9-17-32)39-28(31(43)27(38-4)16-8-12-20-35)21-23(29(41)25(36-2)14-6-10-18-33)30(42)26(37-3)15-7-11-19-34/h1-32,42-43,60-63H,33-41H2;23-28,36-39H,5-21,32-35H2,1-4H3/t;24-,25-,26-,27-,28?/m.0/s1. The SMILES string of the molecule is CN[C@@H](CCCCN)C(=O)C(CC(C(=O)[C@H](CCCCN)NC)C(=O)[C@H](CCCCN)NC)N[C@@H](CCCCN)C(C)=O.O=C(CC(CC(=O)OCC1c2ccccc2-c2ccccc21)CC(CC(=O)OCC1c2ccccc2-c2ccccc21)CC(=O)OCC1c2ccccc2-c2ccccc21)OCC1c2ccccc2-c2ccccc21. The van der Waals surface area contributed by atoms with Gasteiger partial charge in [0.25, 0.3) is 0 Å². The monoisotopic (exact) mass is 1600 g/mol. The van der Waals surface area contributed by atoms with Crippen LogP contribution in [0.1, 0.15) is 191 Å². The molecule has 118 heavy (non-hydrogen) atoms. The van der Waals surface area contributed by atoms with E-state index in [-0.39, 0.29) is 112 Å². The number of nitrogens with two attached hydrogens (primary N) is 4. The maximum Gasteiger partial charge on any atom is 0.306 e. The highest BCUT2D eigenvalue weighted by atomic mass is 16.5. The van der Waals surface area contributed by atoms with E-state index in [1.165, 1.54) is 6.92 Å². The highest BCUT2D eigenvalue weighted by Gasteiger charge is 2.42. The van der Waals surface area contributed by atoms with Gasteiger partial charge in [0.15, 0.2) is 17.3 Å². The molecule has 20 heteroatoms. The molecule has 0 aromatic heterocycles. The molecule has 20 nitrogen and oxygen atoms in total. The molecule has 0 fully saturated rings. The summed E-state index contributed by atoms with van der Waals surface area (Å²) in [4.78, 5) is 112. The van der Waals surface area contributed by atoms with E-state index in [0.717, 1.165) is 134 Å². The van der Waals surface area contributed by atoms with E-state index in [0.29, 0.717) is 58.3 Å². The Bertz CT molecular complexity index is 4050. The van der Waals surface area contributed by atoms with Crippen LogP contribution < -0.4 is 44.2 Å². The van der Waals surface area contributed by atoms with Crippen LogP contribution in [-0.2, 0) is 57.3 Å². The van der Waals surface area contributed by atoms with Crippen LogP contribution >= 0.6 is 0 Å². The molecule has 0 amide bonds. The van der Waals surface area contributed by atoms with Crippen molar-refractivity contribution in [3.63, 3.8) is 0 Å². The van der Waals surface area contributed by atoms with Gasteiger partial charge in [-0.2, -0.15) is 0 Å². The molecule has 0 aliphatic heterocycles. The minimum atomic E-state index is -1.05. The van der Waals surface area contributed by atoms with Gasteiger partial charge in [0, 0.05) is 49.4 Å². The summed E-state index contributed by atoms with van der Waals surface area (Å²) in [5, 5.41) is 12.6. The summed E-state index contributed by atoms with van der Waals surface area (Å²) >= 11 is 0. The van der Waals surface area contributed by atoms with Gasteiger partial charge in [0.05, 0.1) is 36.1 Å². The van der Waals surface area contributed by atoms with Crippen LogP contribution in [0.3, 0.4) is 0 Å². The molecule has 0 spiro atoms. The highest BCUT2D eigenvalue weighted by Crippen LogP contribution is 2.49. The van der Waals surface area contributed by atoms with Crippen molar-refractivity contribution in [3.8, 4) is 44.5 Å². The number of hydrogen-bond donors (Lipinski definition) is 8. The average Bonchev–Trinajstić information content (AvgIpc) is 1.63. The number of rotatable bonds is 48. The van der Waals surface area contributed by atoms with Crippen LogP contribution in [0.25, 0.3) is 44.5 Å². The lowest BCUT2D eigenvalue weighted by Gasteiger charge is -2.31. The number of ether oxygens (including phenoxy) is 4. The molecule has 0 saturated heterocycles. The van der Waals surface area contributed by atoms with Crippen molar-refractivity contribution < 1.29 is 57.3 Å². The minimum Gasteiger partial charge on any atom is -0.465 e. The van der Waals surface area contributed by atoms with Gasteiger partial charge in [0.1, 0.15) is 32.2 Å². The quantitative estimate of drug-likeness (QED) is 0.00760. The number of nitrogens with one attached hydrogen (secondary N) is 4. The number of hydrogen-bond acceptors (Lipinski definition) is 20. The number of likely N-dealkylation sites (N-methyl/N-ethyl adjacent to an activating group) is 3. The molecule has 624 valence electrons. The third kappa shape index (κ3) is 22.5. The zero-order chi connectivity index (χ0) is 83.5. The van der Waals surface area contributed by atoms with E-state index in [1.807, 2.05) is 97.1 Å². The third-order valence-electron chi connectivity index (χ3n) is 24.2. The smallest absolute Gasteiger partial charge is 0.306 e. The van der Waals surface area contributed by atoms with Gasteiger partial charge >= 0.3 is 23.9 Å². The first-order valence-corrected chi connectivity index (χ1v) is 42.6. The summed E-state index contributed by atoms with van der Waals surface area (Å²) in [6, 6.07) is 62.3. The number of fused-ring (bicyclic) bond motifs is 12. The van der Waals surface area contributed by atoms with Crippen LogP contribution in [-0.4, -0.2) is 151 Å². The lowest BCUT2D eigenvalue weighted by molar-refractivity contribution is -0.149. The molecule has 0 saturated carbocycles. The third-order valence-corrected chi connectivity index (χ3v) is 24.2. The molecular weight excluding hydrogens is 1480 g/mol. The Labute approximate surface area is 695 Å². The number of ketones is 4. The Kier molecular flexibility index (Phi) is 33.6. The van der Waals surface area contributed by atoms with Gasteiger partial charge in [-0.3, -0.25) is 43.7 Å². The summed E-state index contributed by atoms with van der Waals surface area (Å²) in [6.45, 7) is 4.03. The Morgan fingerprint density at radius 3 is 0.737 bits per heavy atom. The number of unbranched alkanes of at least 4 members (excludes halogenated alkanes) is 4. The van der Waals surface area contributed by atoms with Crippen LogP contribution in [0, 0.1) is 17.8 Å². The first-order valence-electron chi connectivity index (χ1n) is 42.6. The normalized spacial score (nSPS) is 14.3. The average molecular weight is 1600 g/mol. The summed E-state index contributed by atoms with van der Waals surface area (Å²) in [7, 11) is 5.15. The first-order chi connectivity index (χ1) is 57.5. The van der Waals surface area contributed by atoms with E-state index in [2.05, 4.69) is 118 Å². The fraction of sp³-hybridized carbons (Fsp3) is 0.429. The van der Waals surface area contributed by atoms with Crippen molar-refractivity contribution in [2.45, 2.75) is 176 Å². The van der Waals surface area contributed by atoms with Crippen molar-refractivity contribution in [1.82, 2.24) is 21.3 Å². The van der Waals surface area contributed by atoms with E-state index in [1.54, 1.807) is 21.1 Å². The summed E-state index contributed by atoms with van der Waals surface area (Å²) in [5.74, 6) is -5.63. The largest absolute Gasteiger partial charge is 0.465 e. The van der Waals surface area contributed by atoms with Crippen molar-refractivity contribution >= 4 is 47.0 Å². The summed E-state index contributed by atoms with van der Waals surface area (Å²) < 4.78 is 24.6. The maximum absolute atomic E-state index is 14.2. The van der Waals surface area contributed by atoms with Crippen LogP contribution in [0.4, 0.5) is 0 Å². The van der Waals surface area contributed by atoms with Gasteiger partial charge in [-0.15, -0.1) is 0 Å². The molecule has 12 N–H and O–H groups in total. The van der Waals surface area contributed by atoms with Gasteiger partial charge in [-0.25, -0.2) is 0 Å². The molecule has 8 aromatic carbocycles. The zero-order valence-corrected chi connectivity index (χ0v) is 69.0. The van der Waals surface area contributed by atoms with Gasteiger partial charge < -0.3 is 57.8 Å². The number of esters is 4. The van der Waals surface area contributed by atoms with E-state index >= 15 is 0 Å². The molecule has 5 atom stereocenters. The predicted molar refractivity (Wildman–Crippen MR) is 463 cm³/mol.